The van der Waals surface area contributed by atoms with Crippen LogP contribution in [0.5, 0.6) is 0 Å². The van der Waals surface area contributed by atoms with Crippen LogP contribution in [-0.4, -0.2) is 48.5 Å². The molecule has 4 N–H and O–H groups in total. The Hall–Kier alpha value is -0.820. The van der Waals surface area contributed by atoms with Gasteiger partial charge in [-0.05, 0) is 12.8 Å². The van der Waals surface area contributed by atoms with Crippen molar-refractivity contribution in [3.63, 3.8) is 0 Å². The molecule has 0 radical (unpaired) electrons. The maximum atomic E-state index is 13.9. The lowest BCUT2D eigenvalue weighted by molar-refractivity contribution is -0.308. The average molecular weight is 366 g/mol. The van der Waals surface area contributed by atoms with E-state index in [0.717, 1.165) is 0 Å². The van der Waals surface area contributed by atoms with Crippen molar-refractivity contribution < 1.29 is 48.6 Å². The molecule has 23 heavy (non-hydrogen) atoms. The van der Waals surface area contributed by atoms with Crippen LogP contribution in [-0.2, 0) is 4.74 Å². The molecule has 1 fully saturated rings. The average Bonchev–Trinajstić information content (AvgIpc) is 2.83. The Morgan fingerprint density at radius 3 is 1.13 bits per heavy atom. The number of nitrogens with two attached hydrogens (primary N) is 2. The summed E-state index contributed by atoms with van der Waals surface area (Å²) >= 11 is 0. The third kappa shape index (κ3) is 3.09. The maximum Gasteiger partial charge on any atom is 0.429 e. The van der Waals surface area contributed by atoms with Crippen LogP contribution in [0.4, 0.5) is 43.9 Å². The molecule has 0 aliphatic carbocycles. The molecule has 6 atom stereocenters. The highest BCUT2D eigenvalue weighted by molar-refractivity contribution is 5.07. The van der Waals surface area contributed by atoms with Crippen molar-refractivity contribution in [3.05, 3.63) is 0 Å². The number of alkyl halides is 10. The van der Waals surface area contributed by atoms with Gasteiger partial charge in [-0.15, -0.1) is 0 Å². The largest absolute Gasteiger partial charge is 0.429 e. The van der Waals surface area contributed by atoms with Crippen molar-refractivity contribution in [2.45, 2.75) is 61.3 Å². The Labute approximate surface area is 122 Å². The number of hydrogen-bond donors (Lipinski definition) is 2. The second-order valence-corrected chi connectivity index (χ2v) is 5.03. The van der Waals surface area contributed by atoms with Crippen molar-refractivity contribution in [1.82, 2.24) is 0 Å². The van der Waals surface area contributed by atoms with Crippen LogP contribution >= 0.6 is 0 Å². The molecule has 6 unspecified atom stereocenters. The van der Waals surface area contributed by atoms with Gasteiger partial charge in [-0.3, -0.25) is 11.5 Å². The maximum absolute atomic E-state index is 13.9. The summed E-state index contributed by atoms with van der Waals surface area (Å²) in [6.45, 7) is 0. The van der Waals surface area contributed by atoms with Crippen LogP contribution < -0.4 is 11.5 Å². The molecule has 0 aromatic carbocycles. The van der Waals surface area contributed by atoms with E-state index in [-0.39, 0.29) is 0 Å². The van der Waals surface area contributed by atoms with Gasteiger partial charge in [0.15, 0.2) is 12.6 Å². The summed E-state index contributed by atoms with van der Waals surface area (Å²) in [5.41, 5.74) is -1.20. The van der Waals surface area contributed by atoms with Gasteiger partial charge in [-0.1, -0.05) is 0 Å². The van der Waals surface area contributed by atoms with Crippen molar-refractivity contribution in [1.29, 1.82) is 0 Å². The topological polar surface area (TPSA) is 61.3 Å². The second-order valence-electron chi connectivity index (χ2n) is 5.03. The summed E-state index contributed by atoms with van der Waals surface area (Å²) in [6.07, 6.45) is -27.4. The molecule has 0 aromatic rings. The highest BCUT2D eigenvalue weighted by Crippen LogP contribution is 2.50. The Bertz CT molecular complexity index is 387. The first kappa shape index (κ1) is 20.2. The Morgan fingerprint density at radius 2 is 0.957 bits per heavy atom. The molecule has 1 aliphatic heterocycles. The smallest absolute Gasteiger partial charge is 0.367 e. The van der Waals surface area contributed by atoms with Crippen LogP contribution in [0.2, 0.25) is 0 Å². The minimum absolute atomic E-state index is 1.17. The van der Waals surface area contributed by atoms with E-state index in [4.69, 9.17) is 0 Å². The zero-order valence-corrected chi connectivity index (χ0v) is 11.1. The van der Waals surface area contributed by atoms with Crippen molar-refractivity contribution >= 4 is 0 Å². The number of ether oxygens (including phenoxy) is 1. The standard InChI is InChI=1S/C10H12F10N2O/c11-5(21)7(13,9(15,16)17)3-1-2-4(23-3)8(14,6(12)22)10(18,19)20/h3-6H,1-2,21-22H2. The van der Waals surface area contributed by atoms with Crippen molar-refractivity contribution in [2.75, 3.05) is 0 Å². The number of halogens is 10. The van der Waals surface area contributed by atoms with Crippen LogP contribution in [0.25, 0.3) is 0 Å². The van der Waals surface area contributed by atoms with Crippen LogP contribution in [0.15, 0.2) is 0 Å². The highest BCUT2D eigenvalue weighted by Gasteiger charge is 2.72. The Balaban J connectivity index is 3.15. The fraction of sp³-hybridized carbons (Fsp3) is 1.00. The molecule has 138 valence electrons. The SMILES string of the molecule is NC(F)C(F)(C1CCC(C(F)(C(N)F)C(F)(F)F)O1)C(F)(F)F. The molecule has 0 spiro atoms. The van der Waals surface area contributed by atoms with Gasteiger partial charge in [0.1, 0.15) is 12.2 Å². The first-order valence-corrected chi connectivity index (χ1v) is 6.06. The zero-order chi connectivity index (χ0) is 18.4. The first-order chi connectivity index (χ1) is 10.1. The summed E-state index contributed by atoms with van der Waals surface area (Å²) in [5.74, 6) is 0. The van der Waals surface area contributed by atoms with Crippen LogP contribution in [0.1, 0.15) is 12.8 Å². The van der Waals surface area contributed by atoms with Gasteiger partial charge in [0.25, 0.3) is 11.3 Å². The lowest BCUT2D eigenvalue weighted by Gasteiger charge is -2.36. The first-order valence-electron chi connectivity index (χ1n) is 6.06. The van der Waals surface area contributed by atoms with E-state index in [1.54, 1.807) is 0 Å². The minimum atomic E-state index is -5.95. The predicted molar refractivity (Wildman–Crippen MR) is 55.8 cm³/mol. The van der Waals surface area contributed by atoms with Gasteiger partial charge >= 0.3 is 12.4 Å². The summed E-state index contributed by atoms with van der Waals surface area (Å²) < 4.78 is 133. The van der Waals surface area contributed by atoms with E-state index in [2.05, 4.69) is 16.2 Å². The van der Waals surface area contributed by atoms with Gasteiger partial charge in [-0.25, -0.2) is 17.6 Å². The third-order valence-corrected chi connectivity index (χ3v) is 3.63. The Kier molecular flexibility index (Phi) is 5.20. The van der Waals surface area contributed by atoms with Gasteiger partial charge in [0.2, 0.25) is 0 Å². The lowest BCUT2D eigenvalue weighted by atomic mass is 9.92. The lowest BCUT2D eigenvalue weighted by Crippen LogP contribution is -2.63. The molecule has 1 rings (SSSR count). The number of hydrogen-bond acceptors (Lipinski definition) is 3. The molecule has 1 saturated heterocycles. The molecule has 0 amide bonds. The molecule has 0 bridgehead atoms. The monoisotopic (exact) mass is 366 g/mol. The highest BCUT2D eigenvalue weighted by atomic mass is 19.4. The molecular weight excluding hydrogens is 354 g/mol. The van der Waals surface area contributed by atoms with E-state index in [0.29, 0.717) is 0 Å². The van der Waals surface area contributed by atoms with E-state index in [1.165, 1.54) is 0 Å². The van der Waals surface area contributed by atoms with Gasteiger partial charge < -0.3 is 4.74 Å². The van der Waals surface area contributed by atoms with Crippen molar-refractivity contribution in [2.24, 2.45) is 11.5 Å². The van der Waals surface area contributed by atoms with Crippen LogP contribution in [0, 0.1) is 0 Å². The zero-order valence-electron chi connectivity index (χ0n) is 11.1. The molecule has 3 nitrogen and oxygen atoms in total. The van der Waals surface area contributed by atoms with E-state index >= 15 is 0 Å². The van der Waals surface area contributed by atoms with Crippen molar-refractivity contribution in [3.8, 4) is 0 Å². The molecule has 1 heterocycles. The van der Waals surface area contributed by atoms with Gasteiger partial charge in [0.05, 0.1) is 0 Å². The molecular formula is C10H12F10N2O. The quantitative estimate of drug-likeness (QED) is 0.594. The third-order valence-electron chi connectivity index (χ3n) is 3.63. The molecule has 1 aliphatic rings. The fourth-order valence-electron chi connectivity index (χ4n) is 2.29. The van der Waals surface area contributed by atoms with Crippen LogP contribution in [0.3, 0.4) is 0 Å². The summed E-state index contributed by atoms with van der Waals surface area (Å²) in [7, 11) is 0. The number of rotatable bonds is 4. The summed E-state index contributed by atoms with van der Waals surface area (Å²) in [6, 6.07) is 0. The van der Waals surface area contributed by atoms with E-state index in [1.807, 2.05) is 0 Å². The second kappa shape index (κ2) is 5.92. The van der Waals surface area contributed by atoms with Gasteiger partial charge in [-0.2, -0.15) is 26.3 Å². The predicted octanol–water partition coefficient (Wildman–Crippen LogP) is 2.58. The molecule has 0 aromatic heterocycles. The normalized spacial score (nSPS) is 31.3. The summed E-state index contributed by atoms with van der Waals surface area (Å²) in [5, 5.41) is 0. The van der Waals surface area contributed by atoms with E-state index < -0.39 is 61.3 Å². The molecule has 13 heteroatoms. The Morgan fingerprint density at radius 1 is 0.696 bits per heavy atom. The molecule has 0 saturated carbocycles. The van der Waals surface area contributed by atoms with Gasteiger partial charge in [0, 0.05) is 0 Å². The van der Waals surface area contributed by atoms with E-state index in [9.17, 15) is 43.9 Å². The fourth-order valence-corrected chi connectivity index (χ4v) is 2.29. The minimum Gasteiger partial charge on any atom is -0.367 e. The summed E-state index contributed by atoms with van der Waals surface area (Å²) in [4.78, 5) is 0.